The van der Waals surface area contributed by atoms with Crippen LogP contribution < -0.4 is 0 Å². The number of phosphoric ester groups is 2. The number of esters is 3. The summed E-state index contributed by atoms with van der Waals surface area (Å²) >= 11 is 0. The quantitative estimate of drug-likeness (QED) is 0.0146. The molecule has 0 amide bonds. The van der Waals surface area contributed by atoms with Crippen molar-refractivity contribution in [3.8, 4) is 0 Å². The highest BCUT2D eigenvalue weighted by Gasteiger charge is 2.29. The molecule has 4 N–H and O–H groups in total. The van der Waals surface area contributed by atoms with E-state index in [4.69, 9.17) is 32.3 Å². The van der Waals surface area contributed by atoms with E-state index in [1.807, 2.05) is 0 Å². The summed E-state index contributed by atoms with van der Waals surface area (Å²) in [7, 11) is -9.79. The molecule has 16 nitrogen and oxygen atoms in total. The molecule has 0 radical (unpaired) electrons. The van der Waals surface area contributed by atoms with Crippen LogP contribution >= 0.6 is 15.6 Å². The summed E-state index contributed by atoms with van der Waals surface area (Å²) < 4.78 is 60.6. The Morgan fingerprint density at radius 2 is 0.624 bits per heavy atom. The van der Waals surface area contributed by atoms with Gasteiger partial charge in [0.1, 0.15) is 25.4 Å². The number of carbonyl (C=O) groups excluding carboxylic acids is 3. The number of unbranched alkanes of at least 4 members (excludes halogenated alkanes) is 16. The molecular weight excluding hydrogens is 1120 g/mol. The second kappa shape index (κ2) is 60.2. The van der Waals surface area contributed by atoms with E-state index in [1.54, 1.807) is 0 Å². The van der Waals surface area contributed by atoms with Gasteiger partial charge in [0.05, 0.1) is 26.4 Å². The lowest BCUT2D eigenvalue weighted by Crippen LogP contribution is -2.30. The van der Waals surface area contributed by atoms with E-state index in [0.717, 1.165) is 154 Å². The van der Waals surface area contributed by atoms with Gasteiger partial charge in [-0.1, -0.05) is 206 Å². The first-order chi connectivity index (χ1) is 41.2. The van der Waals surface area contributed by atoms with Gasteiger partial charge in [-0.25, -0.2) is 9.13 Å². The molecule has 0 aromatic carbocycles. The molecule has 486 valence electrons. The average Bonchev–Trinajstić information content (AvgIpc) is 3.60. The van der Waals surface area contributed by atoms with Crippen LogP contribution in [0.3, 0.4) is 0 Å². The van der Waals surface area contributed by atoms with Gasteiger partial charge in [-0.15, -0.1) is 0 Å². The van der Waals surface area contributed by atoms with Gasteiger partial charge < -0.3 is 34.2 Å². The van der Waals surface area contributed by atoms with E-state index in [-0.39, 0.29) is 19.3 Å². The minimum absolute atomic E-state index is 0.0880. The third-order valence-corrected chi connectivity index (χ3v) is 14.6. The highest BCUT2D eigenvalue weighted by atomic mass is 31.2. The van der Waals surface area contributed by atoms with Crippen LogP contribution in [0.15, 0.2) is 122 Å². The molecule has 0 aliphatic heterocycles. The minimum Gasteiger partial charge on any atom is -0.463 e. The van der Waals surface area contributed by atoms with Crippen molar-refractivity contribution in [1.29, 1.82) is 0 Å². The normalized spacial score (nSPS) is 15.1. The van der Waals surface area contributed by atoms with Crippen molar-refractivity contribution in [2.45, 2.75) is 245 Å². The van der Waals surface area contributed by atoms with Crippen molar-refractivity contribution in [2.75, 3.05) is 39.6 Å². The van der Waals surface area contributed by atoms with Gasteiger partial charge >= 0.3 is 33.6 Å². The number of allylic oxidation sites excluding steroid dienone is 20. The largest absolute Gasteiger partial charge is 0.472 e. The van der Waals surface area contributed by atoms with Crippen molar-refractivity contribution in [2.24, 2.45) is 0 Å². The molecule has 0 saturated heterocycles. The molecule has 85 heavy (non-hydrogen) atoms. The van der Waals surface area contributed by atoms with Gasteiger partial charge in [-0.3, -0.25) is 32.5 Å². The standard InChI is InChI=1S/C67H112O16P2/c1-4-7-10-13-16-19-22-24-26-28-29-30-31-33-35-36-39-41-44-47-50-53-65(70)77-56-62(68)57-79-84(73,74)80-58-63(69)59-81-85(75,76)82-61-64(83-67(72)55-52-49-46-43-38-21-18-15-12-9-6-3)60-78-66(71)54-51-48-45-42-40-37-34-32-27-25-23-20-17-14-11-8-5-2/h7-8,10-11,15-20,24-27,29-30,33,35,39,41,62-64,68-69H,4-6,9,12-14,21-23,28,31-32,34,36-38,40,42-61H2,1-3H3,(H,73,74)(H,75,76)/b10-7-,11-8-,18-15-,19-16-,20-17-,26-24-,27-25-,30-29-,35-33-,41-39-. The molecule has 0 aliphatic carbocycles. The molecule has 0 aromatic rings. The van der Waals surface area contributed by atoms with E-state index in [1.165, 1.54) is 12.8 Å². The van der Waals surface area contributed by atoms with Crippen LogP contribution in [0.25, 0.3) is 0 Å². The summed E-state index contributed by atoms with van der Waals surface area (Å²) in [4.78, 5) is 58.2. The summed E-state index contributed by atoms with van der Waals surface area (Å²) in [6.45, 7) is 2.29. The van der Waals surface area contributed by atoms with Crippen LogP contribution in [0.1, 0.15) is 226 Å². The van der Waals surface area contributed by atoms with E-state index in [9.17, 15) is 43.5 Å². The second-order valence-electron chi connectivity index (χ2n) is 20.8. The predicted octanol–water partition coefficient (Wildman–Crippen LogP) is 17.1. The Hall–Kier alpha value is -4.05. The zero-order chi connectivity index (χ0) is 62.4. The van der Waals surface area contributed by atoms with Crippen molar-refractivity contribution in [3.63, 3.8) is 0 Å². The van der Waals surface area contributed by atoms with Gasteiger partial charge in [0.2, 0.25) is 0 Å². The average molecular weight is 1240 g/mol. The Balaban J connectivity index is 4.65. The fourth-order valence-electron chi connectivity index (χ4n) is 7.80. The van der Waals surface area contributed by atoms with Gasteiger partial charge in [0.15, 0.2) is 6.10 Å². The summed E-state index contributed by atoms with van der Waals surface area (Å²) in [6, 6.07) is 0. The number of phosphoric acid groups is 2. The van der Waals surface area contributed by atoms with E-state index in [0.29, 0.717) is 19.3 Å². The first-order valence-electron chi connectivity index (χ1n) is 31.8. The highest BCUT2D eigenvalue weighted by Crippen LogP contribution is 2.45. The molecule has 18 heteroatoms. The third-order valence-electron chi connectivity index (χ3n) is 12.7. The number of ether oxygens (including phenoxy) is 3. The van der Waals surface area contributed by atoms with Crippen molar-refractivity contribution < 1.29 is 75.8 Å². The molecular formula is C67H112O16P2. The van der Waals surface area contributed by atoms with Gasteiger partial charge in [0.25, 0.3) is 0 Å². The predicted molar refractivity (Wildman–Crippen MR) is 343 cm³/mol. The minimum atomic E-state index is -4.93. The SMILES string of the molecule is CC/C=C\C/C=C\C/C=C\C/C=C\C/C=C\C/C=C\CCCCC(=O)OCC(O)COP(=O)(O)OCC(O)COP(=O)(O)OCC(COC(=O)CCCCCCCCC/C=C\C/C=C\C/C=C\CC)OC(=O)CCCCCCC/C=C\CCCC. The summed E-state index contributed by atoms with van der Waals surface area (Å²) in [5.74, 6) is -1.65. The van der Waals surface area contributed by atoms with Crippen LogP contribution in [0.2, 0.25) is 0 Å². The fraction of sp³-hybridized carbons (Fsp3) is 0.657. The van der Waals surface area contributed by atoms with Crippen LogP contribution in [0.5, 0.6) is 0 Å². The Labute approximate surface area is 512 Å². The molecule has 0 aliphatic rings. The van der Waals surface area contributed by atoms with Gasteiger partial charge in [-0.2, -0.15) is 0 Å². The molecule has 0 bridgehead atoms. The monoisotopic (exact) mass is 1230 g/mol. The lowest BCUT2D eigenvalue weighted by molar-refractivity contribution is -0.161. The van der Waals surface area contributed by atoms with E-state index in [2.05, 4.69) is 142 Å². The number of hydrogen-bond donors (Lipinski definition) is 4. The first-order valence-corrected chi connectivity index (χ1v) is 34.8. The molecule has 0 fully saturated rings. The Kier molecular flexibility index (Phi) is 57.4. The molecule has 0 spiro atoms. The van der Waals surface area contributed by atoms with Crippen LogP contribution in [0.4, 0.5) is 0 Å². The second-order valence-corrected chi connectivity index (χ2v) is 23.7. The molecule has 0 aromatic heterocycles. The highest BCUT2D eigenvalue weighted by molar-refractivity contribution is 7.47. The van der Waals surface area contributed by atoms with E-state index < -0.39 is 91.5 Å². The van der Waals surface area contributed by atoms with Crippen molar-refractivity contribution in [3.05, 3.63) is 122 Å². The summed E-state index contributed by atoms with van der Waals surface area (Å²) in [5.41, 5.74) is 0. The number of aliphatic hydroxyl groups is 2. The first kappa shape index (κ1) is 81.0. The number of hydrogen-bond acceptors (Lipinski definition) is 14. The number of aliphatic hydroxyl groups excluding tert-OH is 2. The van der Waals surface area contributed by atoms with Crippen molar-refractivity contribution >= 4 is 33.6 Å². The maximum absolute atomic E-state index is 12.8. The lowest BCUT2D eigenvalue weighted by Gasteiger charge is -2.21. The zero-order valence-corrected chi connectivity index (χ0v) is 54.0. The van der Waals surface area contributed by atoms with Crippen LogP contribution in [-0.4, -0.2) is 95.9 Å². The Bertz CT molecular complexity index is 2040. The smallest absolute Gasteiger partial charge is 0.463 e. The maximum Gasteiger partial charge on any atom is 0.472 e. The van der Waals surface area contributed by atoms with Crippen LogP contribution in [0, 0.1) is 0 Å². The molecule has 0 saturated carbocycles. The lowest BCUT2D eigenvalue weighted by atomic mass is 10.1. The summed E-state index contributed by atoms with van der Waals surface area (Å²) in [6.07, 6.45) is 67.0. The Morgan fingerprint density at radius 1 is 0.341 bits per heavy atom. The maximum atomic E-state index is 12.8. The third kappa shape index (κ3) is 61.4. The topological polar surface area (TPSA) is 231 Å². The van der Waals surface area contributed by atoms with Gasteiger partial charge in [0, 0.05) is 19.3 Å². The van der Waals surface area contributed by atoms with Crippen molar-refractivity contribution in [1.82, 2.24) is 0 Å². The molecule has 0 rings (SSSR count). The zero-order valence-electron chi connectivity index (χ0n) is 52.2. The summed E-state index contributed by atoms with van der Waals surface area (Å²) in [5, 5.41) is 20.5. The van der Waals surface area contributed by atoms with Gasteiger partial charge in [-0.05, 0) is 122 Å². The molecule has 5 atom stereocenters. The molecule has 0 heterocycles. The number of rotatable bonds is 59. The van der Waals surface area contributed by atoms with E-state index >= 15 is 0 Å². The molecule has 5 unspecified atom stereocenters. The number of carbonyl (C=O) groups is 3. The van der Waals surface area contributed by atoms with Crippen LogP contribution in [-0.2, 0) is 55.8 Å². The Morgan fingerprint density at radius 3 is 1.02 bits per heavy atom. The fourth-order valence-corrected chi connectivity index (χ4v) is 9.39.